The second-order valence-electron chi connectivity index (χ2n) is 5.50. The summed E-state index contributed by atoms with van der Waals surface area (Å²) in [5, 5.41) is 9.28. The Morgan fingerprint density at radius 1 is 1.35 bits per heavy atom. The van der Waals surface area contributed by atoms with Crippen molar-refractivity contribution in [1.29, 1.82) is 0 Å². The van der Waals surface area contributed by atoms with E-state index in [9.17, 15) is 9.90 Å². The molecule has 0 aliphatic heterocycles. The van der Waals surface area contributed by atoms with Crippen molar-refractivity contribution in [2.24, 2.45) is 0 Å². The number of amides is 1. The van der Waals surface area contributed by atoms with Gasteiger partial charge in [0, 0.05) is 17.1 Å². The minimum absolute atomic E-state index is 0.0195. The van der Waals surface area contributed by atoms with E-state index in [2.05, 4.69) is 15.9 Å². The molecule has 0 spiro atoms. The van der Waals surface area contributed by atoms with Crippen LogP contribution in [0, 0.1) is 6.92 Å². The van der Waals surface area contributed by atoms with Crippen molar-refractivity contribution in [3.63, 3.8) is 0 Å². The lowest BCUT2D eigenvalue weighted by molar-refractivity contribution is 0.0584. The molecule has 0 heterocycles. The number of aliphatic hydroxyl groups excluding tert-OH is 1. The van der Waals surface area contributed by atoms with Gasteiger partial charge in [-0.2, -0.15) is 0 Å². The zero-order chi connectivity index (χ0) is 14.5. The zero-order valence-electron chi connectivity index (χ0n) is 11.9. The Labute approximate surface area is 129 Å². The van der Waals surface area contributed by atoms with Crippen LogP contribution in [0.15, 0.2) is 22.7 Å². The first-order valence-electron chi connectivity index (χ1n) is 7.31. The summed E-state index contributed by atoms with van der Waals surface area (Å²) >= 11 is 3.46. The van der Waals surface area contributed by atoms with E-state index in [1.54, 1.807) is 0 Å². The number of aliphatic hydroxyl groups is 1. The highest BCUT2D eigenvalue weighted by molar-refractivity contribution is 9.10. The van der Waals surface area contributed by atoms with Gasteiger partial charge in [0.05, 0.1) is 12.2 Å². The number of carbonyl (C=O) groups excluding carboxylic acids is 1. The first-order chi connectivity index (χ1) is 9.63. The van der Waals surface area contributed by atoms with Gasteiger partial charge < -0.3 is 10.0 Å². The molecule has 4 heteroatoms. The van der Waals surface area contributed by atoms with Crippen LogP contribution in [0.5, 0.6) is 0 Å². The van der Waals surface area contributed by atoms with Crippen LogP contribution in [0.3, 0.4) is 0 Å². The molecule has 0 atom stereocenters. The lowest BCUT2D eigenvalue weighted by atomic mass is 9.93. The number of nitrogens with zero attached hydrogens (tertiary/aromatic N) is 1. The predicted octanol–water partition coefficient (Wildman–Crippen LogP) is 3.52. The highest BCUT2D eigenvalue weighted by atomic mass is 79.9. The molecule has 0 radical (unpaired) electrons. The Bertz CT molecular complexity index is 470. The molecule has 1 N–H and O–H groups in total. The summed E-state index contributed by atoms with van der Waals surface area (Å²) in [7, 11) is 0. The van der Waals surface area contributed by atoms with E-state index in [1.165, 1.54) is 19.3 Å². The SMILES string of the molecule is Cc1ccc(Br)c(C(=O)N(CCO)C2CCCCC2)c1. The first kappa shape index (κ1) is 15.5. The standard InChI is InChI=1S/C16H22BrNO2/c1-12-7-8-15(17)14(11-12)16(20)18(9-10-19)13-5-3-2-4-6-13/h7-8,11,13,19H,2-6,9-10H2,1H3. The Balaban J connectivity index is 2.23. The molecule has 1 saturated carbocycles. The van der Waals surface area contributed by atoms with E-state index in [0.717, 1.165) is 22.9 Å². The number of rotatable bonds is 4. The number of halogens is 1. The summed E-state index contributed by atoms with van der Waals surface area (Å²) in [6, 6.07) is 6.09. The molecule has 0 aromatic heterocycles. The van der Waals surface area contributed by atoms with E-state index >= 15 is 0 Å². The third-order valence-electron chi connectivity index (χ3n) is 3.97. The van der Waals surface area contributed by atoms with Gasteiger partial charge >= 0.3 is 0 Å². The summed E-state index contributed by atoms with van der Waals surface area (Å²) in [5.74, 6) is 0.0292. The smallest absolute Gasteiger partial charge is 0.255 e. The second kappa shape index (κ2) is 7.23. The number of hydrogen-bond acceptors (Lipinski definition) is 2. The van der Waals surface area contributed by atoms with Crippen molar-refractivity contribution in [3.05, 3.63) is 33.8 Å². The highest BCUT2D eigenvalue weighted by Crippen LogP contribution is 2.26. The van der Waals surface area contributed by atoms with Crippen molar-refractivity contribution in [1.82, 2.24) is 4.90 Å². The van der Waals surface area contributed by atoms with Crippen molar-refractivity contribution in [2.45, 2.75) is 45.1 Å². The summed E-state index contributed by atoms with van der Waals surface area (Å²) < 4.78 is 0.826. The largest absolute Gasteiger partial charge is 0.395 e. The predicted molar refractivity (Wildman–Crippen MR) is 83.9 cm³/mol. The molecule has 0 bridgehead atoms. The topological polar surface area (TPSA) is 40.5 Å². The quantitative estimate of drug-likeness (QED) is 0.911. The minimum Gasteiger partial charge on any atom is -0.395 e. The number of benzene rings is 1. The molecule has 1 amide bonds. The Morgan fingerprint density at radius 2 is 2.05 bits per heavy atom. The van der Waals surface area contributed by atoms with Gasteiger partial charge in [0.2, 0.25) is 0 Å². The van der Waals surface area contributed by atoms with Gasteiger partial charge in [0.25, 0.3) is 5.91 Å². The van der Waals surface area contributed by atoms with Crippen LogP contribution >= 0.6 is 15.9 Å². The molecule has 110 valence electrons. The molecule has 1 fully saturated rings. The van der Waals surface area contributed by atoms with Gasteiger partial charge in [-0.15, -0.1) is 0 Å². The highest BCUT2D eigenvalue weighted by Gasteiger charge is 2.26. The fourth-order valence-electron chi connectivity index (χ4n) is 2.91. The van der Waals surface area contributed by atoms with E-state index in [4.69, 9.17) is 0 Å². The lowest BCUT2D eigenvalue weighted by Gasteiger charge is -2.34. The van der Waals surface area contributed by atoms with Crippen LogP contribution in [-0.2, 0) is 0 Å². The minimum atomic E-state index is 0.0195. The molecule has 1 aliphatic carbocycles. The van der Waals surface area contributed by atoms with E-state index < -0.39 is 0 Å². The van der Waals surface area contributed by atoms with Crippen molar-refractivity contribution < 1.29 is 9.90 Å². The maximum Gasteiger partial charge on any atom is 0.255 e. The fraction of sp³-hybridized carbons (Fsp3) is 0.562. The van der Waals surface area contributed by atoms with Crippen LogP contribution in [-0.4, -0.2) is 35.1 Å². The van der Waals surface area contributed by atoms with E-state index in [0.29, 0.717) is 12.1 Å². The molecule has 3 nitrogen and oxygen atoms in total. The summed E-state index contributed by atoms with van der Waals surface area (Å²) in [6.45, 7) is 2.43. The molecule has 2 rings (SSSR count). The molecular formula is C16H22BrNO2. The van der Waals surface area contributed by atoms with Gasteiger partial charge in [0.1, 0.15) is 0 Å². The van der Waals surface area contributed by atoms with Gasteiger partial charge in [-0.25, -0.2) is 0 Å². The fourth-order valence-corrected chi connectivity index (χ4v) is 3.32. The van der Waals surface area contributed by atoms with Crippen LogP contribution in [0.25, 0.3) is 0 Å². The van der Waals surface area contributed by atoms with Crippen LogP contribution < -0.4 is 0 Å². The van der Waals surface area contributed by atoms with E-state index in [1.807, 2.05) is 30.0 Å². The number of aryl methyl sites for hydroxylation is 1. The first-order valence-corrected chi connectivity index (χ1v) is 8.10. The summed E-state index contributed by atoms with van der Waals surface area (Å²) in [6.07, 6.45) is 5.71. The number of hydrogen-bond donors (Lipinski definition) is 1. The van der Waals surface area contributed by atoms with Crippen molar-refractivity contribution in [2.75, 3.05) is 13.2 Å². The third-order valence-corrected chi connectivity index (χ3v) is 4.66. The van der Waals surface area contributed by atoms with Gasteiger partial charge in [-0.3, -0.25) is 4.79 Å². The average molecular weight is 340 g/mol. The molecule has 0 saturated heterocycles. The Hall–Kier alpha value is -0.870. The van der Waals surface area contributed by atoms with E-state index in [-0.39, 0.29) is 18.6 Å². The molecule has 1 aromatic rings. The third kappa shape index (κ3) is 3.61. The van der Waals surface area contributed by atoms with Crippen LogP contribution in [0.1, 0.15) is 48.0 Å². The van der Waals surface area contributed by atoms with Gasteiger partial charge in [-0.05, 0) is 47.8 Å². The second-order valence-corrected chi connectivity index (χ2v) is 6.35. The molecule has 0 unspecified atom stereocenters. The average Bonchev–Trinajstić information content (AvgIpc) is 2.47. The maximum atomic E-state index is 12.8. The maximum absolute atomic E-state index is 12.8. The summed E-state index contributed by atoms with van der Waals surface area (Å²) in [4.78, 5) is 14.7. The van der Waals surface area contributed by atoms with Crippen molar-refractivity contribution in [3.8, 4) is 0 Å². The van der Waals surface area contributed by atoms with Gasteiger partial charge in [0.15, 0.2) is 0 Å². The molecule has 1 aromatic carbocycles. The lowest BCUT2D eigenvalue weighted by Crippen LogP contribution is -2.43. The normalized spacial score (nSPS) is 16.1. The van der Waals surface area contributed by atoms with Crippen LogP contribution in [0.2, 0.25) is 0 Å². The molecule has 20 heavy (non-hydrogen) atoms. The van der Waals surface area contributed by atoms with Crippen molar-refractivity contribution >= 4 is 21.8 Å². The Kier molecular flexibility index (Phi) is 5.61. The monoisotopic (exact) mass is 339 g/mol. The molecule has 1 aliphatic rings. The van der Waals surface area contributed by atoms with Gasteiger partial charge in [-0.1, -0.05) is 30.9 Å². The Morgan fingerprint density at radius 3 is 2.70 bits per heavy atom. The zero-order valence-corrected chi connectivity index (χ0v) is 13.5. The number of carbonyl (C=O) groups is 1. The van der Waals surface area contributed by atoms with Crippen LogP contribution in [0.4, 0.5) is 0 Å². The molecular weight excluding hydrogens is 318 g/mol. The summed E-state index contributed by atoms with van der Waals surface area (Å²) in [5.41, 5.74) is 1.77.